The number of rotatable bonds is 28. The molecule has 8 unspecified atom stereocenters. The number of aromatic amines is 1. The summed E-state index contributed by atoms with van der Waals surface area (Å²) in [5.41, 5.74) is 3.22. The molecule has 1 aliphatic rings. The number of benzene rings is 4. The van der Waals surface area contributed by atoms with Crippen LogP contribution in [0.2, 0.25) is 0 Å². The van der Waals surface area contributed by atoms with Crippen LogP contribution in [0, 0.1) is 11.8 Å². The Morgan fingerprint density at radius 1 is 0.625 bits per heavy atom. The van der Waals surface area contributed by atoms with Crippen molar-refractivity contribution in [2.45, 2.75) is 115 Å². The number of likely N-dealkylation sites (tertiary alicyclic amines) is 1. The summed E-state index contributed by atoms with van der Waals surface area (Å²) >= 11 is 0. The Kier molecular flexibility index (Phi) is 22.2. The maximum Gasteiger partial charge on any atom is 0.326 e. The minimum Gasteiger partial charge on any atom is -0.508 e. The van der Waals surface area contributed by atoms with Gasteiger partial charge in [-0.2, -0.15) is 0 Å². The first kappa shape index (κ1) is 60.5. The van der Waals surface area contributed by atoms with Crippen LogP contribution in [-0.4, -0.2) is 141 Å². The summed E-state index contributed by atoms with van der Waals surface area (Å²) in [7, 11) is 1.57. The molecule has 1 aromatic heterocycles. The summed E-state index contributed by atoms with van der Waals surface area (Å²) in [5, 5.41) is 39.4. The number of phenols is 1. The Bertz CT molecular complexity index is 2910. The smallest absolute Gasteiger partial charge is 0.326 e. The molecule has 0 aliphatic carbocycles. The molecular weight excluding hydrogens is 1020 g/mol. The van der Waals surface area contributed by atoms with E-state index in [0.717, 1.165) is 0 Å². The van der Waals surface area contributed by atoms with Gasteiger partial charge in [-0.1, -0.05) is 131 Å². The Balaban J connectivity index is 1.20. The van der Waals surface area contributed by atoms with Gasteiger partial charge in [-0.3, -0.25) is 38.4 Å². The fourth-order valence-corrected chi connectivity index (χ4v) is 9.38. The molecule has 1 aliphatic heterocycles. The Morgan fingerprint density at radius 2 is 1.16 bits per heavy atom. The molecule has 4 aromatic carbocycles. The number of carboxylic acid groups (broad SMARTS) is 1. The zero-order valence-electron chi connectivity index (χ0n) is 45.6. The topological polar surface area (TPSA) is 310 Å². The lowest BCUT2D eigenvalue weighted by Crippen LogP contribution is -2.62. The van der Waals surface area contributed by atoms with Gasteiger partial charge in [0.2, 0.25) is 41.4 Å². The Morgan fingerprint density at radius 3 is 1.74 bits per heavy atom. The molecule has 10 N–H and O–H groups in total. The van der Waals surface area contributed by atoms with Crippen molar-refractivity contribution in [1.29, 1.82) is 0 Å². The number of aromatic nitrogens is 2. The number of carbonyl (C=O) groups is 9. The third-order valence-corrected chi connectivity index (χ3v) is 14.1. The van der Waals surface area contributed by atoms with Crippen LogP contribution in [0.15, 0.2) is 122 Å². The molecule has 1 fully saturated rings. The van der Waals surface area contributed by atoms with Crippen LogP contribution < -0.4 is 37.2 Å². The summed E-state index contributed by atoms with van der Waals surface area (Å²) in [5.74, 6) is -7.36. The largest absolute Gasteiger partial charge is 0.508 e. The van der Waals surface area contributed by atoms with Gasteiger partial charge in [-0.25, -0.2) is 9.78 Å². The second kappa shape index (κ2) is 29.3. The van der Waals surface area contributed by atoms with E-state index in [2.05, 4.69) is 47.2 Å². The highest BCUT2D eigenvalue weighted by atomic mass is 16.4. The van der Waals surface area contributed by atoms with Crippen molar-refractivity contribution in [2.24, 2.45) is 11.8 Å². The van der Waals surface area contributed by atoms with Crippen molar-refractivity contribution >= 4 is 53.1 Å². The van der Waals surface area contributed by atoms with Crippen molar-refractivity contribution in [2.75, 3.05) is 20.1 Å². The number of nitrogens with zero attached hydrogens (tertiary/aromatic N) is 2. The lowest BCUT2D eigenvalue weighted by molar-refractivity contribution is -0.145. The predicted octanol–water partition coefficient (Wildman–Crippen LogP) is 2.52. The molecule has 80 heavy (non-hydrogen) atoms. The van der Waals surface area contributed by atoms with Gasteiger partial charge in [-0.15, -0.1) is 0 Å². The van der Waals surface area contributed by atoms with E-state index in [9.17, 15) is 53.4 Å². The van der Waals surface area contributed by atoms with E-state index >= 15 is 0 Å². The van der Waals surface area contributed by atoms with Gasteiger partial charge in [-0.05, 0) is 60.5 Å². The summed E-state index contributed by atoms with van der Waals surface area (Å²) in [4.78, 5) is 133. The predicted molar refractivity (Wildman–Crippen MR) is 296 cm³/mol. The van der Waals surface area contributed by atoms with Gasteiger partial charge in [0.1, 0.15) is 48.0 Å². The zero-order chi connectivity index (χ0) is 57.9. The third kappa shape index (κ3) is 17.1. The minimum atomic E-state index is -1.38. The SMILES string of the molecule is CCC(C)C(NC(=O)C(Cc1ccc(O)cc1)NC(=O)C(NC(=O)C(Cc1ccc(C(=O)c2ccccc2)cc1)NC(=O)CNC)C(C)C)C(=O)NC(Cc1cnc[nH]1)C(=O)N1CCCC1C(=O)NC(Cc1ccccc1)C(=O)O. The van der Waals surface area contributed by atoms with Crippen molar-refractivity contribution in [3.8, 4) is 5.75 Å². The molecule has 21 heteroatoms. The Labute approximate surface area is 464 Å². The molecule has 6 rings (SSSR count). The van der Waals surface area contributed by atoms with Gasteiger partial charge < -0.3 is 57.3 Å². The highest BCUT2D eigenvalue weighted by Crippen LogP contribution is 2.22. The normalized spacial score (nSPS) is 15.7. The molecule has 0 radical (unpaired) electrons. The molecule has 2 heterocycles. The van der Waals surface area contributed by atoms with Crippen molar-refractivity contribution in [3.05, 3.63) is 155 Å². The van der Waals surface area contributed by atoms with Crippen LogP contribution in [0.3, 0.4) is 0 Å². The summed E-state index contributed by atoms with van der Waals surface area (Å²) in [6.45, 7) is 6.95. The van der Waals surface area contributed by atoms with Crippen molar-refractivity contribution in [3.63, 3.8) is 0 Å². The number of ketones is 1. The number of H-pyrrole nitrogens is 1. The first-order chi connectivity index (χ1) is 38.3. The number of phenolic OH excluding ortho intramolecular Hbond substituents is 1. The lowest BCUT2D eigenvalue weighted by Gasteiger charge is -2.32. The van der Waals surface area contributed by atoms with Crippen LogP contribution in [0.4, 0.5) is 0 Å². The van der Waals surface area contributed by atoms with E-state index in [1.54, 1.807) is 119 Å². The number of amides is 7. The zero-order valence-corrected chi connectivity index (χ0v) is 45.6. The molecule has 7 amide bonds. The van der Waals surface area contributed by atoms with Crippen molar-refractivity contribution in [1.82, 2.24) is 52.1 Å². The highest BCUT2D eigenvalue weighted by molar-refractivity contribution is 6.09. The number of hydrogen-bond acceptors (Lipinski definition) is 12. The van der Waals surface area contributed by atoms with E-state index in [4.69, 9.17) is 0 Å². The van der Waals surface area contributed by atoms with Gasteiger partial charge in [0, 0.05) is 55.2 Å². The van der Waals surface area contributed by atoms with Crippen LogP contribution >= 0.6 is 0 Å². The minimum absolute atomic E-state index is 0.00943. The number of likely N-dealkylation sites (N-methyl/N-ethyl adjacent to an activating group) is 1. The number of carboxylic acids is 1. The molecule has 0 spiro atoms. The summed E-state index contributed by atoms with van der Waals surface area (Å²) in [6.07, 6.45) is 3.70. The van der Waals surface area contributed by atoms with E-state index in [-0.39, 0.29) is 56.7 Å². The quantitative estimate of drug-likeness (QED) is 0.0323. The summed E-state index contributed by atoms with van der Waals surface area (Å²) < 4.78 is 0. The number of aliphatic carboxylic acids is 1. The van der Waals surface area contributed by atoms with E-state index in [1.165, 1.54) is 29.6 Å². The van der Waals surface area contributed by atoms with Gasteiger partial charge in [0.25, 0.3) is 0 Å². The number of nitrogens with one attached hydrogen (secondary N) is 8. The van der Waals surface area contributed by atoms with Gasteiger partial charge in [0.15, 0.2) is 5.78 Å². The molecule has 424 valence electrons. The average Bonchev–Trinajstić information content (AvgIpc) is 4.17. The second-order valence-corrected chi connectivity index (χ2v) is 20.4. The van der Waals surface area contributed by atoms with Gasteiger partial charge >= 0.3 is 5.97 Å². The first-order valence-corrected chi connectivity index (χ1v) is 26.8. The highest BCUT2D eigenvalue weighted by Gasteiger charge is 2.41. The van der Waals surface area contributed by atoms with Crippen LogP contribution in [-0.2, 0) is 64.0 Å². The molecule has 0 saturated carbocycles. The van der Waals surface area contributed by atoms with E-state index in [1.807, 2.05) is 13.0 Å². The average molecular weight is 1100 g/mol. The molecule has 1 saturated heterocycles. The standard InChI is InChI=1S/C59H72N10O11/c1-6-36(4)51(57(77)65-46(31-42-32-61-34-62-42)58(78)69-27-13-18-48(69)55(75)66-47(59(79)80)30-37-14-9-7-10-15-37)68-54(74)45(29-39-21-25-43(70)26-22-39)64-56(76)50(35(2)3)67-53(73)44(63-49(71)33-60-5)28-38-19-23-41(24-20-38)52(72)40-16-11-8-12-17-40/h7-12,14-17,19-26,32,34-36,44-48,50-51,60,70H,6,13,18,27-31,33H2,1-5H3,(H,61,62)(H,63,71)(H,64,76)(H,65,77)(H,66,75)(H,67,73)(H,68,74)(H,79,80). The maximum atomic E-state index is 14.7. The fraction of sp³-hybridized carbons (Fsp3) is 0.390. The monoisotopic (exact) mass is 1100 g/mol. The lowest BCUT2D eigenvalue weighted by atomic mass is 9.96. The maximum absolute atomic E-state index is 14.7. The van der Waals surface area contributed by atoms with Crippen LogP contribution in [0.1, 0.15) is 85.3 Å². The second-order valence-electron chi connectivity index (χ2n) is 20.4. The number of hydrogen-bond donors (Lipinski definition) is 10. The summed E-state index contributed by atoms with van der Waals surface area (Å²) in [6, 6.07) is 21.4. The number of carbonyl (C=O) groups excluding carboxylic acids is 8. The molecule has 21 nitrogen and oxygen atoms in total. The number of imidazole rings is 1. The van der Waals surface area contributed by atoms with Crippen LogP contribution in [0.5, 0.6) is 5.75 Å². The number of aromatic hydroxyl groups is 1. The third-order valence-electron chi connectivity index (χ3n) is 14.1. The first-order valence-electron chi connectivity index (χ1n) is 26.8. The molecule has 0 bridgehead atoms. The Hall–Kier alpha value is -8.72. The van der Waals surface area contributed by atoms with Crippen molar-refractivity contribution < 1.29 is 53.4 Å². The van der Waals surface area contributed by atoms with E-state index < -0.39 is 101 Å². The van der Waals surface area contributed by atoms with Gasteiger partial charge in [0.05, 0.1) is 12.9 Å². The molecule has 5 aromatic rings. The van der Waals surface area contributed by atoms with E-state index in [0.29, 0.717) is 46.4 Å². The molecule has 8 atom stereocenters. The van der Waals surface area contributed by atoms with Crippen LogP contribution in [0.25, 0.3) is 0 Å². The fourth-order valence-electron chi connectivity index (χ4n) is 9.38. The molecular formula is C59H72N10O11.